The molecule has 0 aromatic rings. The molecule has 0 aliphatic carbocycles. The zero-order valence-corrected chi connectivity index (χ0v) is 9.43. The zero-order chi connectivity index (χ0) is 11.0. The third kappa shape index (κ3) is 6.86. The maximum atomic E-state index is 11.4. The average molecular weight is 202 g/mol. The summed E-state index contributed by atoms with van der Waals surface area (Å²) in [7, 11) is 1.65. The fraction of sp³-hybridized carbons (Fsp3) is 0.900. The molecule has 0 atom stereocenters. The van der Waals surface area contributed by atoms with Gasteiger partial charge >= 0.3 is 0 Å². The van der Waals surface area contributed by atoms with E-state index in [1.807, 2.05) is 13.8 Å². The van der Waals surface area contributed by atoms with Gasteiger partial charge in [0.15, 0.2) is 0 Å². The van der Waals surface area contributed by atoms with Crippen LogP contribution in [-0.4, -0.2) is 32.7 Å². The largest absolute Gasteiger partial charge is 0.385 e. The molecule has 0 aromatic heterocycles. The number of nitrogens with one attached hydrogen (secondary N) is 1. The smallest absolute Gasteiger partial charge is 0.220 e. The Balaban J connectivity index is 3.55. The number of hydrogen-bond donors (Lipinski definition) is 2. The summed E-state index contributed by atoms with van der Waals surface area (Å²) >= 11 is 0. The van der Waals surface area contributed by atoms with E-state index in [0.29, 0.717) is 26.1 Å². The van der Waals surface area contributed by atoms with Gasteiger partial charge in [0.1, 0.15) is 0 Å². The maximum absolute atomic E-state index is 11.4. The highest BCUT2D eigenvalue weighted by Gasteiger charge is 2.19. The zero-order valence-electron chi connectivity index (χ0n) is 9.43. The molecule has 3 N–H and O–H groups in total. The number of methoxy groups -OCH3 is 1. The second-order valence-corrected chi connectivity index (χ2v) is 4.24. The van der Waals surface area contributed by atoms with Gasteiger partial charge in [-0.3, -0.25) is 4.79 Å². The topological polar surface area (TPSA) is 64.3 Å². The van der Waals surface area contributed by atoms with Crippen molar-refractivity contribution in [2.75, 3.05) is 26.8 Å². The van der Waals surface area contributed by atoms with Gasteiger partial charge in [0, 0.05) is 26.7 Å². The molecule has 1 amide bonds. The highest BCUT2D eigenvalue weighted by molar-refractivity contribution is 5.76. The third-order valence-electron chi connectivity index (χ3n) is 2.04. The molecule has 14 heavy (non-hydrogen) atoms. The van der Waals surface area contributed by atoms with Crippen LogP contribution >= 0.6 is 0 Å². The van der Waals surface area contributed by atoms with Crippen molar-refractivity contribution in [3.05, 3.63) is 0 Å². The van der Waals surface area contributed by atoms with Gasteiger partial charge < -0.3 is 15.8 Å². The van der Waals surface area contributed by atoms with Crippen LogP contribution in [0.5, 0.6) is 0 Å². The van der Waals surface area contributed by atoms with Crippen molar-refractivity contribution in [2.45, 2.75) is 26.7 Å². The molecule has 84 valence electrons. The van der Waals surface area contributed by atoms with Gasteiger partial charge in [0.2, 0.25) is 5.91 Å². The van der Waals surface area contributed by atoms with Gasteiger partial charge in [0.25, 0.3) is 0 Å². The summed E-state index contributed by atoms with van der Waals surface area (Å²) in [6, 6.07) is 0. The summed E-state index contributed by atoms with van der Waals surface area (Å²) < 4.78 is 4.87. The molecule has 0 bridgehead atoms. The Bertz CT molecular complexity index is 170. The van der Waals surface area contributed by atoms with E-state index in [1.54, 1.807) is 7.11 Å². The Hall–Kier alpha value is -0.610. The molecular formula is C10H22N2O2. The first-order valence-corrected chi connectivity index (χ1v) is 4.97. The second kappa shape index (κ2) is 6.79. The summed E-state index contributed by atoms with van der Waals surface area (Å²) in [6.07, 6.45) is 1.34. The molecular weight excluding hydrogens is 180 g/mol. The Labute approximate surface area is 86.2 Å². The van der Waals surface area contributed by atoms with Crippen molar-refractivity contribution < 1.29 is 9.53 Å². The molecule has 0 radical (unpaired) electrons. The molecule has 0 rings (SSSR count). The molecule has 0 saturated carbocycles. The molecule has 0 aromatic carbocycles. The van der Waals surface area contributed by atoms with Gasteiger partial charge in [0.05, 0.1) is 0 Å². The van der Waals surface area contributed by atoms with Crippen LogP contribution in [0.3, 0.4) is 0 Å². The third-order valence-corrected chi connectivity index (χ3v) is 2.04. The molecule has 4 heteroatoms. The average Bonchev–Trinajstić information content (AvgIpc) is 2.12. The predicted octanol–water partition coefficient (Wildman–Crippen LogP) is 0.514. The fourth-order valence-corrected chi connectivity index (χ4v) is 1.01. The van der Waals surface area contributed by atoms with Crippen LogP contribution in [0.2, 0.25) is 0 Å². The summed E-state index contributed by atoms with van der Waals surface area (Å²) in [4.78, 5) is 11.4. The standard InChI is InChI=1S/C10H22N2O2/c1-10(2,8-11)7-9(13)12-5-4-6-14-3/h4-8,11H2,1-3H3,(H,12,13). The number of ether oxygens (including phenoxy) is 1. The lowest BCUT2D eigenvalue weighted by molar-refractivity contribution is -0.122. The van der Waals surface area contributed by atoms with Crippen LogP contribution in [0.4, 0.5) is 0 Å². The molecule has 0 fully saturated rings. The first-order chi connectivity index (χ1) is 6.52. The first kappa shape index (κ1) is 13.4. The lowest BCUT2D eigenvalue weighted by Gasteiger charge is -2.21. The van der Waals surface area contributed by atoms with E-state index < -0.39 is 0 Å². The van der Waals surface area contributed by atoms with E-state index >= 15 is 0 Å². The summed E-state index contributed by atoms with van der Waals surface area (Å²) in [5, 5.41) is 2.83. The minimum atomic E-state index is -0.106. The molecule has 0 spiro atoms. The minimum Gasteiger partial charge on any atom is -0.385 e. The molecule has 0 saturated heterocycles. The van der Waals surface area contributed by atoms with Crippen LogP contribution in [0.1, 0.15) is 26.7 Å². The summed E-state index contributed by atoms with van der Waals surface area (Å²) in [6.45, 7) is 5.86. The van der Waals surface area contributed by atoms with E-state index in [9.17, 15) is 4.79 Å². The normalized spacial score (nSPS) is 11.4. The van der Waals surface area contributed by atoms with Gasteiger partial charge in [-0.25, -0.2) is 0 Å². The quantitative estimate of drug-likeness (QED) is 0.591. The Morgan fingerprint density at radius 3 is 2.64 bits per heavy atom. The second-order valence-electron chi connectivity index (χ2n) is 4.24. The van der Waals surface area contributed by atoms with E-state index in [-0.39, 0.29) is 11.3 Å². The van der Waals surface area contributed by atoms with Crippen molar-refractivity contribution in [1.29, 1.82) is 0 Å². The SMILES string of the molecule is COCCCNC(=O)CC(C)(C)CN. The number of carbonyl (C=O) groups excluding carboxylic acids is 1. The van der Waals surface area contributed by atoms with E-state index in [4.69, 9.17) is 10.5 Å². The number of hydrogen-bond acceptors (Lipinski definition) is 3. The van der Waals surface area contributed by atoms with Crippen LogP contribution in [0, 0.1) is 5.41 Å². The van der Waals surface area contributed by atoms with E-state index in [2.05, 4.69) is 5.32 Å². The van der Waals surface area contributed by atoms with Crippen molar-refractivity contribution in [3.8, 4) is 0 Å². The number of amides is 1. The maximum Gasteiger partial charge on any atom is 0.220 e. The Kier molecular flexibility index (Phi) is 6.49. The minimum absolute atomic E-state index is 0.0663. The number of carbonyl (C=O) groups is 1. The molecule has 4 nitrogen and oxygen atoms in total. The van der Waals surface area contributed by atoms with Crippen molar-refractivity contribution in [3.63, 3.8) is 0 Å². The van der Waals surface area contributed by atoms with Gasteiger partial charge in [-0.15, -0.1) is 0 Å². The fourth-order valence-electron chi connectivity index (χ4n) is 1.01. The monoisotopic (exact) mass is 202 g/mol. The highest BCUT2D eigenvalue weighted by atomic mass is 16.5. The number of nitrogens with two attached hydrogens (primary N) is 1. The number of rotatable bonds is 7. The lowest BCUT2D eigenvalue weighted by Crippen LogP contribution is -2.33. The van der Waals surface area contributed by atoms with Crippen molar-refractivity contribution in [1.82, 2.24) is 5.32 Å². The lowest BCUT2D eigenvalue weighted by atomic mass is 9.89. The van der Waals surface area contributed by atoms with Crippen LogP contribution in [0.15, 0.2) is 0 Å². The van der Waals surface area contributed by atoms with Crippen molar-refractivity contribution in [2.24, 2.45) is 11.1 Å². The van der Waals surface area contributed by atoms with Gasteiger partial charge in [-0.05, 0) is 18.4 Å². The molecule has 0 aliphatic rings. The van der Waals surface area contributed by atoms with Crippen LogP contribution in [-0.2, 0) is 9.53 Å². The van der Waals surface area contributed by atoms with Gasteiger partial charge in [-0.2, -0.15) is 0 Å². The summed E-state index contributed by atoms with van der Waals surface area (Å²) in [5.41, 5.74) is 5.43. The highest BCUT2D eigenvalue weighted by Crippen LogP contribution is 2.17. The van der Waals surface area contributed by atoms with E-state index in [0.717, 1.165) is 6.42 Å². The van der Waals surface area contributed by atoms with Crippen molar-refractivity contribution >= 4 is 5.91 Å². The Morgan fingerprint density at radius 1 is 1.50 bits per heavy atom. The van der Waals surface area contributed by atoms with Crippen LogP contribution in [0.25, 0.3) is 0 Å². The molecule has 0 heterocycles. The van der Waals surface area contributed by atoms with Gasteiger partial charge in [-0.1, -0.05) is 13.8 Å². The van der Waals surface area contributed by atoms with E-state index in [1.165, 1.54) is 0 Å². The Morgan fingerprint density at radius 2 is 2.14 bits per heavy atom. The van der Waals surface area contributed by atoms with Crippen LogP contribution < -0.4 is 11.1 Å². The predicted molar refractivity (Wildman–Crippen MR) is 57.0 cm³/mol. The molecule has 0 aliphatic heterocycles. The summed E-state index contributed by atoms with van der Waals surface area (Å²) in [5.74, 6) is 0.0663. The molecule has 0 unspecified atom stereocenters. The first-order valence-electron chi connectivity index (χ1n) is 4.97.